The molecule has 0 spiro atoms. The van der Waals surface area contributed by atoms with Crippen molar-refractivity contribution in [2.24, 2.45) is 7.05 Å². The minimum atomic E-state index is 0.226. The molecule has 2 heterocycles. The zero-order valence-corrected chi connectivity index (χ0v) is 13.3. The Bertz CT molecular complexity index is 412. The largest absolute Gasteiger partial charge is 0.311 e. The number of aromatic nitrogens is 4. The van der Waals surface area contributed by atoms with Gasteiger partial charge in [0.2, 0.25) is 0 Å². The number of nitrogens with zero attached hydrogens (tertiary/aromatic N) is 5. The van der Waals surface area contributed by atoms with Crippen molar-refractivity contribution in [2.45, 2.75) is 64.6 Å². The molecule has 0 aromatic carbocycles. The Labute approximate surface area is 121 Å². The van der Waals surface area contributed by atoms with Crippen molar-refractivity contribution < 1.29 is 0 Å². The lowest BCUT2D eigenvalue weighted by Crippen LogP contribution is -2.63. The zero-order chi connectivity index (χ0) is 14.6. The fraction of sp³-hybridized carbons (Fsp3) is 0.929. The summed E-state index contributed by atoms with van der Waals surface area (Å²) in [5.41, 5.74) is 0.226. The van der Waals surface area contributed by atoms with Crippen LogP contribution in [0.3, 0.4) is 0 Å². The van der Waals surface area contributed by atoms with Gasteiger partial charge >= 0.3 is 0 Å². The summed E-state index contributed by atoms with van der Waals surface area (Å²) in [5.74, 6) is 0.830. The number of hydrogen-bond donors (Lipinski definition) is 1. The average molecular weight is 280 g/mol. The van der Waals surface area contributed by atoms with Crippen LogP contribution in [0, 0.1) is 0 Å². The molecule has 1 aliphatic rings. The molecule has 6 nitrogen and oxygen atoms in total. The quantitative estimate of drug-likeness (QED) is 0.852. The molecule has 1 aromatic heterocycles. The zero-order valence-electron chi connectivity index (χ0n) is 13.3. The number of piperazine rings is 1. The Morgan fingerprint density at radius 1 is 1.30 bits per heavy atom. The van der Waals surface area contributed by atoms with E-state index in [0.717, 1.165) is 38.3 Å². The predicted octanol–water partition coefficient (Wildman–Crippen LogP) is 1.34. The molecule has 1 fully saturated rings. The molecule has 20 heavy (non-hydrogen) atoms. The van der Waals surface area contributed by atoms with Gasteiger partial charge in [-0.25, -0.2) is 0 Å². The van der Waals surface area contributed by atoms with Gasteiger partial charge in [0.25, 0.3) is 0 Å². The van der Waals surface area contributed by atoms with Gasteiger partial charge in [-0.15, -0.1) is 10.2 Å². The van der Waals surface area contributed by atoms with E-state index < -0.39 is 0 Å². The monoisotopic (exact) mass is 280 g/mol. The Morgan fingerprint density at radius 3 is 2.60 bits per heavy atom. The van der Waals surface area contributed by atoms with E-state index in [1.807, 2.05) is 7.05 Å². The van der Waals surface area contributed by atoms with Gasteiger partial charge in [0, 0.05) is 24.7 Å². The van der Waals surface area contributed by atoms with Crippen molar-refractivity contribution in [1.82, 2.24) is 30.4 Å². The maximum Gasteiger partial charge on any atom is 0.188 e. The third-order valence-electron chi connectivity index (χ3n) is 4.67. The molecule has 1 saturated heterocycles. The van der Waals surface area contributed by atoms with Gasteiger partial charge < -0.3 is 5.32 Å². The van der Waals surface area contributed by atoms with Crippen LogP contribution in [0.15, 0.2) is 0 Å². The van der Waals surface area contributed by atoms with Gasteiger partial charge in [-0.2, -0.15) is 4.80 Å². The summed E-state index contributed by atoms with van der Waals surface area (Å²) in [6.07, 6.45) is 4.75. The summed E-state index contributed by atoms with van der Waals surface area (Å²) in [7, 11) is 1.82. The maximum absolute atomic E-state index is 4.34. The molecule has 1 atom stereocenters. The normalized spacial score (nSPS) is 23.1. The molecule has 0 aliphatic carbocycles. The third kappa shape index (κ3) is 3.17. The van der Waals surface area contributed by atoms with Crippen molar-refractivity contribution in [3.8, 4) is 0 Å². The Morgan fingerprint density at radius 2 is 2.05 bits per heavy atom. The van der Waals surface area contributed by atoms with Crippen molar-refractivity contribution in [3.05, 3.63) is 5.82 Å². The van der Waals surface area contributed by atoms with Crippen LogP contribution in [0.25, 0.3) is 0 Å². The molecule has 2 rings (SSSR count). The fourth-order valence-electron chi connectivity index (χ4n) is 3.25. The van der Waals surface area contributed by atoms with Crippen LogP contribution in [0.5, 0.6) is 0 Å². The second-order valence-electron chi connectivity index (χ2n) is 5.87. The Kier molecular flexibility index (Phi) is 5.10. The molecular formula is C14H28N6. The SMILES string of the molecule is CCCC1CN(Cc2nnn(C)n2)C(CC)(CC)CN1. The van der Waals surface area contributed by atoms with Crippen LogP contribution < -0.4 is 5.32 Å². The molecule has 114 valence electrons. The molecule has 6 heteroatoms. The summed E-state index contributed by atoms with van der Waals surface area (Å²) >= 11 is 0. The lowest BCUT2D eigenvalue weighted by atomic mass is 9.86. The van der Waals surface area contributed by atoms with Crippen LogP contribution in [0.4, 0.5) is 0 Å². The van der Waals surface area contributed by atoms with E-state index in [2.05, 4.69) is 46.4 Å². The van der Waals surface area contributed by atoms with Gasteiger partial charge in [-0.3, -0.25) is 4.90 Å². The van der Waals surface area contributed by atoms with Gasteiger partial charge in [0.1, 0.15) is 0 Å². The molecule has 0 saturated carbocycles. The lowest BCUT2D eigenvalue weighted by Gasteiger charge is -2.49. The summed E-state index contributed by atoms with van der Waals surface area (Å²) in [4.78, 5) is 4.11. The summed E-state index contributed by atoms with van der Waals surface area (Å²) < 4.78 is 0. The van der Waals surface area contributed by atoms with E-state index in [1.54, 1.807) is 4.80 Å². The second kappa shape index (κ2) is 6.63. The van der Waals surface area contributed by atoms with Gasteiger partial charge in [-0.05, 0) is 24.5 Å². The van der Waals surface area contributed by atoms with Crippen molar-refractivity contribution in [2.75, 3.05) is 13.1 Å². The topological polar surface area (TPSA) is 58.9 Å². The van der Waals surface area contributed by atoms with E-state index in [4.69, 9.17) is 0 Å². The molecule has 1 N–H and O–H groups in total. The minimum absolute atomic E-state index is 0.226. The van der Waals surface area contributed by atoms with E-state index in [1.165, 1.54) is 12.8 Å². The highest BCUT2D eigenvalue weighted by Crippen LogP contribution is 2.28. The Hall–Kier alpha value is -1.01. The van der Waals surface area contributed by atoms with Crippen molar-refractivity contribution in [1.29, 1.82) is 0 Å². The highest BCUT2D eigenvalue weighted by Gasteiger charge is 2.39. The van der Waals surface area contributed by atoms with Crippen LogP contribution in [-0.4, -0.2) is 49.8 Å². The number of nitrogens with one attached hydrogen (secondary N) is 1. The van der Waals surface area contributed by atoms with Crippen molar-refractivity contribution >= 4 is 0 Å². The molecule has 0 bridgehead atoms. The molecule has 0 amide bonds. The van der Waals surface area contributed by atoms with Gasteiger partial charge in [0.15, 0.2) is 5.82 Å². The van der Waals surface area contributed by atoms with Gasteiger partial charge in [0.05, 0.1) is 13.6 Å². The van der Waals surface area contributed by atoms with Gasteiger partial charge in [-0.1, -0.05) is 27.2 Å². The third-order valence-corrected chi connectivity index (χ3v) is 4.67. The molecular weight excluding hydrogens is 252 g/mol. The molecule has 1 unspecified atom stereocenters. The lowest BCUT2D eigenvalue weighted by molar-refractivity contribution is 0.0207. The maximum atomic E-state index is 4.34. The average Bonchev–Trinajstić information content (AvgIpc) is 2.86. The number of hydrogen-bond acceptors (Lipinski definition) is 5. The van der Waals surface area contributed by atoms with E-state index in [-0.39, 0.29) is 5.54 Å². The molecule has 1 aliphatic heterocycles. The standard InChI is InChI=1S/C14H28N6/c1-5-8-12-9-20(10-13-16-18-19(4)17-13)14(6-2,7-3)11-15-12/h12,15H,5-11H2,1-4H3. The summed E-state index contributed by atoms with van der Waals surface area (Å²) in [5, 5.41) is 16.2. The summed E-state index contributed by atoms with van der Waals surface area (Å²) in [6.45, 7) is 9.75. The first-order valence-electron chi connectivity index (χ1n) is 7.84. The number of tetrazole rings is 1. The summed E-state index contributed by atoms with van der Waals surface area (Å²) in [6, 6.07) is 0.586. The minimum Gasteiger partial charge on any atom is -0.311 e. The number of rotatable bonds is 6. The van der Waals surface area contributed by atoms with E-state index in [9.17, 15) is 0 Å². The molecule has 0 radical (unpaired) electrons. The van der Waals surface area contributed by atoms with E-state index in [0.29, 0.717) is 6.04 Å². The molecule has 1 aromatic rings. The van der Waals surface area contributed by atoms with Crippen LogP contribution in [0.1, 0.15) is 52.3 Å². The van der Waals surface area contributed by atoms with Crippen LogP contribution in [0.2, 0.25) is 0 Å². The van der Waals surface area contributed by atoms with Crippen molar-refractivity contribution in [3.63, 3.8) is 0 Å². The highest BCUT2D eigenvalue weighted by molar-refractivity contribution is 4.99. The number of aryl methyl sites for hydroxylation is 1. The van der Waals surface area contributed by atoms with Crippen LogP contribution >= 0.6 is 0 Å². The predicted molar refractivity (Wildman–Crippen MR) is 79.2 cm³/mol. The Balaban J connectivity index is 2.12. The first-order chi connectivity index (χ1) is 9.63. The first kappa shape index (κ1) is 15.4. The van der Waals surface area contributed by atoms with Crippen LogP contribution in [-0.2, 0) is 13.6 Å². The smallest absolute Gasteiger partial charge is 0.188 e. The highest BCUT2D eigenvalue weighted by atomic mass is 15.6. The fourth-order valence-corrected chi connectivity index (χ4v) is 3.25. The van der Waals surface area contributed by atoms with E-state index >= 15 is 0 Å². The first-order valence-corrected chi connectivity index (χ1v) is 7.84. The second-order valence-corrected chi connectivity index (χ2v) is 5.87.